The number of rotatable bonds is 6. The van der Waals surface area contributed by atoms with Crippen LogP contribution >= 0.6 is 24.0 Å². The van der Waals surface area contributed by atoms with Crippen molar-refractivity contribution in [2.24, 2.45) is 5.73 Å². The summed E-state index contributed by atoms with van der Waals surface area (Å²) in [7, 11) is 0. The summed E-state index contributed by atoms with van der Waals surface area (Å²) in [6.07, 6.45) is 3.25. The molecule has 2 rings (SSSR count). The van der Waals surface area contributed by atoms with E-state index in [1.165, 1.54) is 5.56 Å². The van der Waals surface area contributed by atoms with Crippen LogP contribution in [0.4, 0.5) is 0 Å². The van der Waals surface area contributed by atoms with E-state index in [-0.39, 0.29) is 42.7 Å². The standard InChI is InChI=1S/C15H20ClN3O2.ClH/c16-12-4-2-11(3-5-12)15(6-1-7-15)10-19-14(21)9-18-13(20)8-17;/h2-5H,1,6-10,17H2,(H,18,20)(H,19,21);1H. The molecule has 4 N–H and O–H groups in total. The Morgan fingerprint density at radius 1 is 1.14 bits per heavy atom. The summed E-state index contributed by atoms with van der Waals surface area (Å²) in [5.74, 6) is -0.529. The molecule has 22 heavy (non-hydrogen) atoms. The second-order valence-corrected chi connectivity index (χ2v) is 5.83. The summed E-state index contributed by atoms with van der Waals surface area (Å²) in [6.45, 7) is 0.431. The molecule has 1 aliphatic rings. The van der Waals surface area contributed by atoms with Gasteiger partial charge in [-0.05, 0) is 30.5 Å². The molecule has 0 aromatic heterocycles. The highest BCUT2D eigenvalue weighted by Gasteiger charge is 2.38. The number of carbonyl (C=O) groups excluding carboxylic acids is 2. The van der Waals surface area contributed by atoms with Gasteiger partial charge in [0.05, 0.1) is 13.1 Å². The van der Waals surface area contributed by atoms with Gasteiger partial charge in [-0.25, -0.2) is 0 Å². The molecule has 7 heteroatoms. The minimum absolute atomic E-state index is 0. The third-order valence-corrected chi connectivity index (χ3v) is 4.27. The van der Waals surface area contributed by atoms with Gasteiger partial charge in [-0.2, -0.15) is 0 Å². The zero-order valence-corrected chi connectivity index (χ0v) is 13.8. The lowest BCUT2D eigenvalue weighted by atomic mass is 9.64. The Morgan fingerprint density at radius 3 is 2.27 bits per heavy atom. The van der Waals surface area contributed by atoms with E-state index in [0.717, 1.165) is 19.3 Å². The van der Waals surface area contributed by atoms with Gasteiger partial charge in [-0.3, -0.25) is 9.59 Å². The molecule has 0 spiro atoms. The van der Waals surface area contributed by atoms with Crippen molar-refractivity contribution in [3.63, 3.8) is 0 Å². The Bertz CT molecular complexity index is 516. The minimum atomic E-state index is -0.332. The van der Waals surface area contributed by atoms with Gasteiger partial charge in [-0.1, -0.05) is 30.2 Å². The molecule has 0 atom stereocenters. The maximum absolute atomic E-state index is 11.7. The average Bonchev–Trinajstić information content (AvgIpc) is 2.45. The Labute approximate surface area is 141 Å². The Kier molecular flexibility index (Phi) is 7.13. The number of nitrogens with two attached hydrogens (primary N) is 1. The largest absolute Gasteiger partial charge is 0.354 e. The molecular formula is C15H21Cl2N3O2. The van der Waals surface area contributed by atoms with Crippen molar-refractivity contribution in [1.82, 2.24) is 10.6 Å². The summed E-state index contributed by atoms with van der Waals surface area (Å²) >= 11 is 5.91. The van der Waals surface area contributed by atoms with Crippen LogP contribution in [0.1, 0.15) is 24.8 Å². The molecule has 5 nitrogen and oxygen atoms in total. The monoisotopic (exact) mass is 345 g/mol. The molecule has 1 aromatic rings. The molecular weight excluding hydrogens is 325 g/mol. The molecule has 0 radical (unpaired) electrons. The van der Waals surface area contributed by atoms with E-state index in [4.69, 9.17) is 17.3 Å². The van der Waals surface area contributed by atoms with Crippen LogP contribution in [0.25, 0.3) is 0 Å². The molecule has 0 saturated heterocycles. The van der Waals surface area contributed by atoms with Crippen LogP contribution in [0, 0.1) is 0 Å². The third-order valence-electron chi connectivity index (χ3n) is 4.02. The van der Waals surface area contributed by atoms with Crippen LogP contribution in [-0.2, 0) is 15.0 Å². The van der Waals surface area contributed by atoms with Crippen LogP contribution in [-0.4, -0.2) is 31.4 Å². The molecule has 2 amide bonds. The van der Waals surface area contributed by atoms with Crippen molar-refractivity contribution in [2.75, 3.05) is 19.6 Å². The fourth-order valence-corrected chi connectivity index (χ4v) is 2.68. The fourth-order valence-electron chi connectivity index (χ4n) is 2.56. The third kappa shape index (κ3) is 4.60. The number of hydrogen-bond acceptors (Lipinski definition) is 3. The summed E-state index contributed by atoms with van der Waals surface area (Å²) in [5, 5.41) is 6.06. The van der Waals surface area contributed by atoms with Crippen molar-refractivity contribution in [1.29, 1.82) is 0 Å². The number of nitrogens with one attached hydrogen (secondary N) is 2. The maximum atomic E-state index is 11.7. The van der Waals surface area contributed by atoms with Crippen LogP contribution in [0.15, 0.2) is 24.3 Å². The molecule has 0 heterocycles. The first-order valence-corrected chi connectivity index (χ1v) is 7.43. The van der Waals surface area contributed by atoms with Crippen molar-refractivity contribution in [2.45, 2.75) is 24.7 Å². The normalized spacial score (nSPS) is 15.2. The zero-order valence-electron chi connectivity index (χ0n) is 12.2. The van der Waals surface area contributed by atoms with Gasteiger partial charge in [0, 0.05) is 17.0 Å². The highest BCUT2D eigenvalue weighted by atomic mass is 35.5. The van der Waals surface area contributed by atoms with Crippen LogP contribution in [0.2, 0.25) is 5.02 Å². The number of benzene rings is 1. The Balaban J connectivity index is 0.00000242. The Hall–Kier alpha value is -1.30. The minimum Gasteiger partial charge on any atom is -0.354 e. The summed E-state index contributed by atoms with van der Waals surface area (Å²) in [5.41, 5.74) is 6.36. The summed E-state index contributed by atoms with van der Waals surface area (Å²) in [6, 6.07) is 7.79. The van der Waals surface area contributed by atoms with Gasteiger partial charge < -0.3 is 16.4 Å². The second kappa shape index (κ2) is 8.36. The predicted octanol–water partition coefficient (Wildman–Crippen LogP) is 1.37. The molecule has 1 aromatic carbocycles. The highest BCUT2D eigenvalue weighted by molar-refractivity contribution is 6.30. The quantitative estimate of drug-likeness (QED) is 0.728. The second-order valence-electron chi connectivity index (χ2n) is 5.40. The molecule has 1 aliphatic carbocycles. The van der Waals surface area contributed by atoms with E-state index in [1.54, 1.807) is 0 Å². The van der Waals surface area contributed by atoms with Gasteiger partial charge in [0.2, 0.25) is 11.8 Å². The van der Waals surface area contributed by atoms with Crippen molar-refractivity contribution >= 4 is 35.8 Å². The Morgan fingerprint density at radius 2 is 1.77 bits per heavy atom. The number of hydrogen-bond donors (Lipinski definition) is 3. The average molecular weight is 346 g/mol. The lowest BCUT2D eigenvalue weighted by Crippen LogP contribution is -2.48. The van der Waals surface area contributed by atoms with Crippen LogP contribution in [0.3, 0.4) is 0 Å². The highest BCUT2D eigenvalue weighted by Crippen LogP contribution is 2.43. The van der Waals surface area contributed by atoms with E-state index in [0.29, 0.717) is 11.6 Å². The summed E-state index contributed by atoms with van der Waals surface area (Å²) in [4.78, 5) is 22.8. The van der Waals surface area contributed by atoms with E-state index >= 15 is 0 Å². The predicted molar refractivity (Wildman–Crippen MR) is 89.3 cm³/mol. The fraction of sp³-hybridized carbons (Fsp3) is 0.467. The van der Waals surface area contributed by atoms with Gasteiger partial charge in [0.1, 0.15) is 0 Å². The SMILES string of the molecule is Cl.NCC(=O)NCC(=O)NCC1(c2ccc(Cl)cc2)CCC1. The van der Waals surface area contributed by atoms with E-state index in [1.807, 2.05) is 24.3 Å². The van der Waals surface area contributed by atoms with Crippen LogP contribution < -0.4 is 16.4 Å². The summed E-state index contributed by atoms with van der Waals surface area (Å²) < 4.78 is 0. The van der Waals surface area contributed by atoms with Gasteiger partial charge >= 0.3 is 0 Å². The molecule has 122 valence electrons. The number of carbonyl (C=O) groups is 2. The topological polar surface area (TPSA) is 84.2 Å². The van der Waals surface area contributed by atoms with E-state index in [2.05, 4.69) is 10.6 Å². The number of halogens is 2. The van der Waals surface area contributed by atoms with Crippen molar-refractivity contribution < 1.29 is 9.59 Å². The lowest BCUT2D eigenvalue weighted by molar-refractivity contribution is -0.125. The van der Waals surface area contributed by atoms with E-state index < -0.39 is 0 Å². The van der Waals surface area contributed by atoms with Gasteiger partial charge in [-0.15, -0.1) is 12.4 Å². The van der Waals surface area contributed by atoms with Gasteiger partial charge in [0.15, 0.2) is 0 Å². The first kappa shape index (κ1) is 18.7. The first-order valence-electron chi connectivity index (χ1n) is 7.05. The molecule has 0 aliphatic heterocycles. The smallest absolute Gasteiger partial charge is 0.239 e. The van der Waals surface area contributed by atoms with Crippen molar-refractivity contribution in [3.05, 3.63) is 34.9 Å². The zero-order chi connectivity index (χ0) is 15.3. The molecule has 1 saturated carbocycles. The van der Waals surface area contributed by atoms with E-state index in [9.17, 15) is 9.59 Å². The molecule has 1 fully saturated rings. The van der Waals surface area contributed by atoms with Crippen molar-refractivity contribution in [3.8, 4) is 0 Å². The maximum Gasteiger partial charge on any atom is 0.239 e. The lowest BCUT2D eigenvalue weighted by Gasteiger charge is -2.42. The van der Waals surface area contributed by atoms with Gasteiger partial charge in [0.25, 0.3) is 0 Å². The molecule has 0 unspecified atom stereocenters. The first-order chi connectivity index (χ1) is 10.1. The molecule has 0 bridgehead atoms. The van der Waals surface area contributed by atoms with Crippen LogP contribution in [0.5, 0.6) is 0 Å². The number of amides is 2.